The summed E-state index contributed by atoms with van der Waals surface area (Å²) >= 11 is 0. The lowest BCUT2D eigenvalue weighted by Gasteiger charge is -2.14. The predicted octanol–water partition coefficient (Wildman–Crippen LogP) is 2.75. The van der Waals surface area contributed by atoms with Crippen molar-refractivity contribution in [3.63, 3.8) is 0 Å². The maximum absolute atomic E-state index is 5.92. The molecule has 0 radical (unpaired) electrons. The fraction of sp³-hybridized carbons (Fsp3) is 0.158. The zero-order valence-corrected chi connectivity index (χ0v) is 14.5. The van der Waals surface area contributed by atoms with Gasteiger partial charge in [-0.15, -0.1) is 0 Å². The molecule has 0 amide bonds. The Hall–Kier alpha value is -3.66. The Morgan fingerprint density at radius 1 is 0.962 bits per heavy atom. The van der Waals surface area contributed by atoms with E-state index in [0.717, 1.165) is 5.56 Å². The first kappa shape index (κ1) is 17.2. The van der Waals surface area contributed by atoms with Crippen LogP contribution in [0.25, 0.3) is 0 Å². The van der Waals surface area contributed by atoms with E-state index in [0.29, 0.717) is 22.9 Å². The van der Waals surface area contributed by atoms with Crippen molar-refractivity contribution in [2.24, 2.45) is 0 Å². The fourth-order valence-electron chi connectivity index (χ4n) is 2.20. The van der Waals surface area contributed by atoms with E-state index in [2.05, 4.69) is 31.8 Å². The van der Waals surface area contributed by atoms with Crippen LogP contribution in [0, 0.1) is 11.8 Å². The maximum Gasteiger partial charge on any atom is 0.222 e. The topological polar surface area (TPSA) is 113 Å². The summed E-state index contributed by atoms with van der Waals surface area (Å²) in [5.74, 6) is 7.36. The van der Waals surface area contributed by atoms with Gasteiger partial charge in [0.25, 0.3) is 0 Å². The van der Waals surface area contributed by atoms with Gasteiger partial charge in [0.15, 0.2) is 11.6 Å². The van der Waals surface area contributed by atoms with Crippen LogP contribution >= 0.6 is 0 Å². The second-order valence-electron chi connectivity index (χ2n) is 5.81. The summed E-state index contributed by atoms with van der Waals surface area (Å²) in [6.45, 7) is 4.10. The molecule has 4 N–H and O–H groups in total. The Labute approximate surface area is 151 Å². The molecule has 3 heterocycles. The Bertz CT molecular complexity index is 976. The van der Waals surface area contributed by atoms with Crippen LogP contribution in [0.2, 0.25) is 0 Å². The second kappa shape index (κ2) is 7.49. The minimum absolute atomic E-state index is 0.0931. The zero-order chi connectivity index (χ0) is 18.5. The van der Waals surface area contributed by atoms with Crippen LogP contribution in [0.1, 0.15) is 36.7 Å². The van der Waals surface area contributed by atoms with Crippen LogP contribution in [0.5, 0.6) is 11.5 Å². The molecular formula is C19H18N6O. The molecule has 0 aromatic carbocycles. The van der Waals surface area contributed by atoms with Gasteiger partial charge in [0, 0.05) is 24.0 Å². The SMILES string of the molecule is CC(C)c1cnc(C#Cc2ccccn2)cc1Oc1cnc(N)nc1N. The first-order chi connectivity index (χ1) is 12.5. The van der Waals surface area contributed by atoms with E-state index in [-0.39, 0.29) is 17.7 Å². The highest BCUT2D eigenvalue weighted by atomic mass is 16.5. The predicted molar refractivity (Wildman–Crippen MR) is 99.5 cm³/mol. The number of nitrogens with two attached hydrogens (primary N) is 2. The van der Waals surface area contributed by atoms with Gasteiger partial charge in [-0.2, -0.15) is 4.98 Å². The fourth-order valence-corrected chi connectivity index (χ4v) is 2.20. The first-order valence-electron chi connectivity index (χ1n) is 8.01. The van der Waals surface area contributed by atoms with Crippen LogP contribution in [0.15, 0.2) is 42.9 Å². The molecule has 0 aliphatic rings. The average Bonchev–Trinajstić information content (AvgIpc) is 2.63. The summed E-state index contributed by atoms with van der Waals surface area (Å²) < 4.78 is 5.92. The lowest BCUT2D eigenvalue weighted by molar-refractivity contribution is 0.470. The number of aromatic nitrogens is 4. The zero-order valence-electron chi connectivity index (χ0n) is 14.5. The third-order valence-electron chi connectivity index (χ3n) is 3.52. The molecule has 0 saturated carbocycles. The molecule has 26 heavy (non-hydrogen) atoms. The number of nitrogen functional groups attached to an aromatic ring is 2. The molecule has 0 aliphatic carbocycles. The Kier molecular flexibility index (Phi) is 4.94. The van der Waals surface area contributed by atoms with E-state index in [4.69, 9.17) is 16.2 Å². The molecule has 130 valence electrons. The van der Waals surface area contributed by atoms with E-state index in [1.807, 2.05) is 32.0 Å². The molecular weight excluding hydrogens is 328 g/mol. The minimum Gasteiger partial charge on any atom is -0.451 e. The summed E-state index contributed by atoms with van der Waals surface area (Å²) in [5, 5.41) is 0. The number of pyridine rings is 2. The summed E-state index contributed by atoms with van der Waals surface area (Å²) in [5.41, 5.74) is 13.5. The van der Waals surface area contributed by atoms with Gasteiger partial charge in [-0.25, -0.2) is 15.0 Å². The Balaban J connectivity index is 1.96. The maximum atomic E-state index is 5.92. The van der Waals surface area contributed by atoms with E-state index in [9.17, 15) is 0 Å². The molecule has 7 heteroatoms. The number of hydrogen-bond donors (Lipinski definition) is 2. The number of ether oxygens (including phenoxy) is 1. The molecule has 0 saturated heterocycles. The largest absolute Gasteiger partial charge is 0.451 e. The smallest absolute Gasteiger partial charge is 0.222 e. The van der Waals surface area contributed by atoms with Crippen molar-refractivity contribution < 1.29 is 4.74 Å². The Morgan fingerprint density at radius 3 is 2.46 bits per heavy atom. The molecule has 0 bridgehead atoms. The highest BCUT2D eigenvalue weighted by Crippen LogP contribution is 2.32. The van der Waals surface area contributed by atoms with Crippen LogP contribution in [0.3, 0.4) is 0 Å². The van der Waals surface area contributed by atoms with Crippen molar-refractivity contribution in [3.8, 4) is 23.3 Å². The van der Waals surface area contributed by atoms with Crippen molar-refractivity contribution in [1.29, 1.82) is 0 Å². The molecule has 0 unspecified atom stereocenters. The van der Waals surface area contributed by atoms with Crippen LogP contribution in [-0.4, -0.2) is 19.9 Å². The number of rotatable bonds is 3. The molecule has 0 aliphatic heterocycles. The number of hydrogen-bond acceptors (Lipinski definition) is 7. The molecule has 7 nitrogen and oxygen atoms in total. The van der Waals surface area contributed by atoms with E-state index >= 15 is 0 Å². The molecule has 0 spiro atoms. The number of nitrogens with zero attached hydrogens (tertiary/aromatic N) is 4. The van der Waals surface area contributed by atoms with Crippen molar-refractivity contribution in [1.82, 2.24) is 19.9 Å². The molecule has 0 atom stereocenters. The highest BCUT2D eigenvalue weighted by molar-refractivity contribution is 5.51. The molecule has 3 aromatic heterocycles. The van der Waals surface area contributed by atoms with Crippen LogP contribution in [-0.2, 0) is 0 Å². The van der Waals surface area contributed by atoms with Crippen LogP contribution in [0.4, 0.5) is 11.8 Å². The third kappa shape index (κ3) is 4.05. The monoisotopic (exact) mass is 346 g/mol. The summed E-state index contributed by atoms with van der Waals surface area (Å²) in [7, 11) is 0. The lowest BCUT2D eigenvalue weighted by Crippen LogP contribution is -2.03. The second-order valence-corrected chi connectivity index (χ2v) is 5.81. The van der Waals surface area contributed by atoms with Gasteiger partial charge in [0.05, 0.1) is 6.20 Å². The van der Waals surface area contributed by atoms with Crippen molar-refractivity contribution >= 4 is 11.8 Å². The van der Waals surface area contributed by atoms with Crippen LogP contribution < -0.4 is 16.2 Å². The lowest BCUT2D eigenvalue weighted by atomic mass is 10.0. The highest BCUT2D eigenvalue weighted by Gasteiger charge is 2.13. The minimum atomic E-state index is 0.0931. The van der Waals surface area contributed by atoms with Gasteiger partial charge in [-0.3, -0.25) is 0 Å². The van der Waals surface area contributed by atoms with Gasteiger partial charge < -0.3 is 16.2 Å². The quantitative estimate of drug-likeness (QED) is 0.701. The van der Waals surface area contributed by atoms with Gasteiger partial charge in [-0.05, 0) is 29.9 Å². The van der Waals surface area contributed by atoms with E-state index in [1.165, 1.54) is 6.20 Å². The van der Waals surface area contributed by atoms with Gasteiger partial charge >= 0.3 is 0 Å². The first-order valence-corrected chi connectivity index (χ1v) is 8.01. The van der Waals surface area contributed by atoms with E-state index < -0.39 is 0 Å². The van der Waals surface area contributed by atoms with Crippen molar-refractivity contribution in [2.75, 3.05) is 11.5 Å². The average molecular weight is 346 g/mol. The summed E-state index contributed by atoms with van der Waals surface area (Å²) in [6, 6.07) is 7.32. The number of anilines is 2. The van der Waals surface area contributed by atoms with Gasteiger partial charge in [0.2, 0.25) is 5.95 Å². The van der Waals surface area contributed by atoms with Crippen molar-refractivity contribution in [2.45, 2.75) is 19.8 Å². The standard InChI is InChI=1S/C19H18N6O/c1-12(2)15-10-23-14(7-6-13-5-3-4-8-22-13)9-16(15)26-17-11-24-19(21)25-18(17)20/h3-5,8-12H,1-2H3,(H4,20,21,24,25). The van der Waals surface area contributed by atoms with Gasteiger partial charge in [0.1, 0.15) is 17.1 Å². The van der Waals surface area contributed by atoms with Gasteiger partial charge in [-0.1, -0.05) is 19.9 Å². The molecule has 0 fully saturated rings. The normalized spacial score (nSPS) is 10.3. The summed E-state index contributed by atoms with van der Waals surface area (Å²) in [4.78, 5) is 16.4. The van der Waals surface area contributed by atoms with E-state index in [1.54, 1.807) is 18.5 Å². The summed E-state index contributed by atoms with van der Waals surface area (Å²) in [6.07, 6.45) is 4.88. The molecule has 3 rings (SSSR count). The van der Waals surface area contributed by atoms with Crippen molar-refractivity contribution in [3.05, 3.63) is 59.8 Å². The third-order valence-corrected chi connectivity index (χ3v) is 3.52. The molecule has 3 aromatic rings. The Morgan fingerprint density at radius 2 is 1.77 bits per heavy atom.